The van der Waals surface area contributed by atoms with Crippen molar-refractivity contribution in [2.45, 2.75) is 25.1 Å². The van der Waals surface area contributed by atoms with Gasteiger partial charge in [0.25, 0.3) is 0 Å². The molecule has 0 aliphatic heterocycles. The number of nitrogens with two attached hydrogens (primary N) is 1. The summed E-state index contributed by atoms with van der Waals surface area (Å²) >= 11 is 5.84. The van der Waals surface area contributed by atoms with Gasteiger partial charge in [0, 0.05) is 17.9 Å². The molecule has 0 unspecified atom stereocenters. The molecule has 0 saturated carbocycles. The van der Waals surface area contributed by atoms with Gasteiger partial charge in [-0.05, 0) is 25.5 Å². The van der Waals surface area contributed by atoms with Gasteiger partial charge < -0.3 is 5.73 Å². The van der Waals surface area contributed by atoms with E-state index in [0.29, 0.717) is 10.6 Å². The van der Waals surface area contributed by atoms with Crippen LogP contribution >= 0.6 is 11.6 Å². The highest BCUT2D eigenvalue weighted by atomic mass is 35.5. The van der Waals surface area contributed by atoms with E-state index in [1.54, 1.807) is 19.9 Å². The number of hydrogen-bond acceptors (Lipinski definition) is 4. The van der Waals surface area contributed by atoms with E-state index in [-0.39, 0.29) is 11.5 Å². The molecule has 1 rings (SSSR count). The van der Waals surface area contributed by atoms with Gasteiger partial charge in [-0.3, -0.25) is 4.98 Å². The van der Waals surface area contributed by atoms with Gasteiger partial charge >= 0.3 is 0 Å². The lowest BCUT2D eigenvalue weighted by molar-refractivity contribution is 0.544. The Bertz CT molecular complexity index is 466. The molecule has 90 valence electrons. The number of sulfone groups is 1. The van der Waals surface area contributed by atoms with Crippen LogP contribution in [-0.4, -0.2) is 24.7 Å². The summed E-state index contributed by atoms with van der Waals surface area (Å²) in [5.74, 6) is -0.173. The molecule has 0 atom stereocenters. The zero-order chi connectivity index (χ0) is 12.4. The monoisotopic (exact) mass is 262 g/mol. The molecule has 0 spiro atoms. The molecule has 6 heteroatoms. The third kappa shape index (κ3) is 4.47. The average Bonchev–Trinajstić information content (AvgIpc) is 2.04. The maximum absolute atomic E-state index is 11.8. The molecule has 1 heterocycles. The minimum Gasteiger partial charge on any atom is -0.325 e. The first kappa shape index (κ1) is 13.4. The van der Waals surface area contributed by atoms with E-state index < -0.39 is 15.4 Å². The number of hydrogen-bond donors (Lipinski definition) is 1. The smallest absolute Gasteiger partial charge is 0.156 e. The molecule has 0 fully saturated rings. The van der Waals surface area contributed by atoms with Gasteiger partial charge in [0.1, 0.15) is 0 Å². The fourth-order valence-electron chi connectivity index (χ4n) is 1.38. The second-order valence-electron chi connectivity index (χ2n) is 4.49. The van der Waals surface area contributed by atoms with Gasteiger partial charge in [0.15, 0.2) is 9.84 Å². The standard InChI is InChI=1S/C10H15ClN2O2S/c1-10(2,12)7-16(14,15)6-8-3-4-13-5-9(8)11/h3-5H,6-7,12H2,1-2H3. The number of halogens is 1. The Morgan fingerprint density at radius 3 is 2.62 bits per heavy atom. The lowest BCUT2D eigenvalue weighted by Crippen LogP contribution is -2.40. The van der Waals surface area contributed by atoms with Crippen LogP contribution in [0.3, 0.4) is 0 Å². The number of nitrogens with zero attached hydrogens (tertiary/aromatic N) is 1. The lowest BCUT2D eigenvalue weighted by Gasteiger charge is -2.18. The van der Waals surface area contributed by atoms with Crippen LogP contribution in [0.2, 0.25) is 5.02 Å². The summed E-state index contributed by atoms with van der Waals surface area (Å²) in [6, 6.07) is 1.60. The van der Waals surface area contributed by atoms with Crippen molar-refractivity contribution in [3.05, 3.63) is 29.0 Å². The molecule has 4 nitrogen and oxygen atoms in total. The van der Waals surface area contributed by atoms with E-state index in [0.717, 1.165) is 0 Å². The van der Waals surface area contributed by atoms with Gasteiger partial charge in [-0.15, -0.1) is 0 Å². The number of aromatic nitrogens is 1. The third-order valence-corrected chi connectivity index (χ3v) is 4.10. The van der Waals surface area contributed by atoms with Crippen LogP contribution in [0, 0.1) is 0 Å². The van der Waals surface area contributed by atoms with E-state index in [1.165, 1.54) is 12.4 Å². The molecular formula is C10H15ClN2O2S. The summed E-state index contributed by atoms with van der Waals surface area (Å²) in [5, 5.41) is 0.362. The molecule has 1 aromatic heterocycles. The quantitative estimate of drug-likeness (QED) is 0.890. The van der Waals surface area contributed by atoms with E-state index in [4.69, 9.17) is 17.3 Å². The van der Waals surface area contributed by atoms with Crippen molar-refractivity contribution < 1.29 is 8.42 Å². The molecule has 1 aromatic rings. The molecule has 16 heavy (non-hydrogen) atoms. The Hall–Kier alpha value is -0.650. The number of rotatable bonds is 4. The molecule has 0 radical (unpaired) electrons. The van der Waals surface area contributed by atoms with E-state index in [2.05, 4.69) is 4.98 Å². The van der Waals surface area contributed by atoms with Gasteiger partial charge in [-0.1, -0.05) is 11.6 Å². The first-order valence-corrected chi connectivity index (χ1v) is 6.97. The Kier molecular flexibility index (Phi) is 3.93. The van der Waals surface area contributed by atoms with Crippen molar-refractivity contribution in [2.24, 2.45) is 5.73 Å². The minimum atomic E-state index is -3.25. The van der Waals surface area contributed by atoms with Gasteiger partial charge in [0.2, 0.25) is 0 Å². The fraction of sp³-hybridized carbons (Fsp3) is 0.500. The molecule has 0 aromatic carbocycles. The maximum atomic E-state index is 11.8. The molecule has 0 bridgehead atoms. The highest BCUT2D eigenvalue weighted by molar-refractivity contribution is 7.90. The topological polar surface area (TPSA) is 73.1 Å². The minimum absolute atomic E-state index is 0.0708. The van der Waals surface area contributed by atoms with Crippen LogP contribution in [0.25, 0.3) is 0 Å². The first-order chi connectivity index (χ1) is 7.20. The molecule has 0 aliphatic rings. The van der Waals surface area contributed by atoms with Crippen molar-refractivity contribution in [3.63, 3.8) is 0 Å². The van der Waals surface area contributed by atoms with Crippen LogP contribution in [-0.2, 0) is 15.6 Å². The van der Waals surface area contributed by atoms with Crippen molar-refractivity contribution in [1.82, 2.24) is 4.98 Å². The zero-order valence-corrected chi connectivity index (χ0v) is 10.8. The SMILES string of the molecule is CC(C)(N)CS(=O)(=O)Cc1ccncc1Cl. The van der Waals surface area contributed by atoms with Crippen molar-refractivity contribution >= 4 is 21.4 Å². The van der Waals surface area contributed by atoms with Gasteiger partial charge in [-0.2, -0.15) is 0 Å². The van der Waals surface area contributed by atoms with Gasteiger partial charge in [-0.25, -0.2) is 8.42 Å². The lowest BCUT2D eigenvalue weighted by atomic mass is 10.1. The highest BCUT2D eigenvalue weighted by Gasteiger charge is 2.23. The summed E-state index contributed by atoms with van der Waals surface area (Å²) in [7, 11) is -3.25. The van der Waals surface area contributed by atoms with Crippen LogP contribution in [0.15, 0.2) is 18.5 Å². The largest absolute Gasteiger partial charge is 0.325 e. The normalized spacial score (nSPS) is 12.8. The first-order valence-electron chi connectivity index (χ1n) is 4.77. The molecule has 2 N–H and O–H groups in total. The Morgan fingerprint density at radius 2 is 2.12 bits per heavy atom. The van der Waals surface area contributed by atoms with E-state index in [9.17, 15) is 8.42 Å². The predicted molar refractivity (Wildman–Crippen MR) is 65.0 cm³/mol. The average molecular weight is 263 g/mol. The zero-order valence-electron chi connectivity index (χ0n) is 9.27. The number of pyridine rings is 1. The Morgan fingerprint density at radius 1 is 1.50 bits per heavy atom. The van der Waals surface area contributed by atoms with Crippen LogP contribution in [0.5, 0.6) is 0 Å². The van der Waals surface area contributed by atoms with Crippen LogP contribution in [0.4, 0.5) is 0 Å². The van der Waals surface area contributed by atoms with Gasteiger partial charge in [0.05, 0.1) is 16.5 Å². The second-order valence-corrected chi connectivity index (χ2v) is 6.96. The molecule has 0 saturated heterocycles. The van der Waals surface area contributed by atoms with Crippen LogP contribution < -0.4 is 5.73 Å². The Labute approximate surface area is 101 Å². The fourth-order valence-corrected chi connectivity index (χ4v) is 3.60. The van der Waals surface area contributed by atoms with Crippen LogP contribution in [0.1, 0.15) is 19.4 Å². The Balaban J connectivity index is 2.86. The van der Waals surface area contributed by atoms with Crippen molar-refractivity contribution in [3.8, 4) is 0 Å². The summed E-state index contributed by atoms with van der Waals surface area (Å²) in [5.41, 5.74) is 5.51. The third-order valence-electron chi connectivity index (χ3n) is 1.82. The summed E-state index contributed by atoms with van der Waals surface area (Å²) < 4.78 is 23.6. The predicted octanol–water partition coefficient (Wildman–Crippen LogP) is 1.39. The summed E-state index contributed by atoms with van der Waals surface area (Å²) in [6.07, 6.45) is 2.95. The van der Waals surface area contributed by atoms with Crippen molar-refractivity contribution in [1.29, 1.82) is 0 Å². The van der Waals surface area contributed by atoms with E-state index in [1.807, 2.05) is 0 Å². The summed E-state index contributed by atoms with van der Waals surface area (Å²) in [4.78, 5) is 3.80. The van der Waals surface area contributed by atoms with E-state index >= 15 is 0 Å². The summed E-state index contributed by atoms with van der Waals surface area (Å²) in [6.45, 7) is 3.36. The second kappa shape index (κ2) is 4.69. The molecule has 0 aliphatic carbocycles. The maximum Gasteiger partial charge on any atom is 0.156 e. The molecular weight excluding hydrogens is 248 g/mol. The van der Waals surface area contributed by atoms with Crippen molar-refractivity contribution in [2.75, 3.05) is 5.75 Å². The highest BCUT2D eigenvalue weighted by Crippen LogP contribution is 2.18. The molecule has 0 amide bonds.